The van der Waals surface area contributed by atoms with Crippen LogP contribution in [-0.4, -0.2) is 86.8 Å². The normalized spacial score (nSPS) is 11.6. The van der Waals surface area contributed by atoms with E-state index in [1.807, 2.05) is 24.3 Å². The smallest absolute Gasteiger partial charge is 0.338 e. The number of aromatic amines is 1. The lowest BCUT2D eigenvalue weighted by molar-refractivity contribution is -0.0616. The zero-order valence-electron chi connectivity index (χ0n) is 29.7. The number of nitrogen functional groups attached to an aromatic ring is 1. The van der Waals surface area contributed by atoms with E-state index in [9.17, 15) is 14.4 Å². The minimum atomic E-state index is -0.841. The number of carbonyl (C=O) groups excluding carboxylic acids is 2. The zero-order chi connectivity index (χ0) is 35.9. The Bertz CT molecular complexity index is 1610. The van der Waals surface area contributed by atoms with E-state index >= 15 is 0 Å². The van der Waals surface area contributed by atoms with E-state index < -0.39 is 23.6 Å². The Labute approximate surface area is 293 Å². The predicted octanol–water partition coefficient (Wildman–Crippen LogP) is 5.00. The van der Waals surface area contributed by atoms with E-state index in [4.69, 9.17) is 19.9 Å². The number of ether oxygens (including phenoxy) is 3. The number of fused-ring (bicyclic) bond motifs is 1. The number of nitrogens with one attached hydrogen (secondary N) is 1. The highest BCUT2D eigenvalue weighted by Gasteiger charge is 2.19. The Balaban J connectivity index is 1.40. The van der Waals surface area contributed by atoms with Gasteiger partial charge in [0, 0.05) is 13.1 Å². The molecule has 50 heavy (non-hydrogen) atoms. The number of hydrogen-bond acceptors (Lipinski definition) is 11. The Hall–Kier alpha value is -4.59. The number of nitrogens with zero attached hydrogens (tertiary/aromatic N) is 5. The number of imidazole rings is 1. The van der Waals surface area contributed by atoms with Gasteiger partial charge in [-0.3, -0.25) is 24.1 Å². The van der Waals surface area contributed by atoms with Crippen LogP contribution in [0.5, 0.6) is 0 Å². The molecule has 0 amide bonds. The topological polar surface area (TPSA) is 158 Å². The molecule has 0 saturated carbocycles. The van der Waals surface area contributed by atoms with Crippen LogP contribution < -0.4 is 11.3 Å². The van der Waals surface area contributed by atoms with Crippen LogP contribution in [0.3, 0.4) is 0 Å². The lowest BCUT2D eigenvalue weighted by Gasteiger charge is -2.21. The molecule has 0 radical (unpaired) electrons. The van der Waals surface area contributed by atoms with Crippen molar-refractivity contribution >= 4 is 29.1 Å². The van der Waals surface area contributed by atoms with Crippen LogP contribution in [0.1, 0.15) is 85.2 Å². The van der Waals surface area contributed by atoms with Crippen molar-refractivity contribution in [3.63, 3.8) is 0 Å². The number of carbonyl (C=O) groups is 2. The van der Waals surface area contributed by atoms with Crippen molar-refractivity contribution in [2.24, 2.45) is 0 Å². The molecule has 2 aromatic carbocycles. The molecular formula is C37H51N7O6. The minimum Gasteiger partial charge on any atom is -0.459 e. The van der Waals surface area contributed by atoms with Crippen LogP contribution in [0.4, 0.5) is 5.95 Å². The first-order valence-electron chi connectivity index (χ1n) is 17.5. The number of benzene rings is 2. The summed E-state index contributed by atoms with van der Waals surface area (Å²) in [7, 11) is 0. The summed E-state index contributed by atoms with van der Waals surface area (Å²) >= 11 is 0. The first-order valence-corrected chi connectivity index (χ1v) is 17.5. The maximum atomic E-state index is 13.0. The summed E-state index contributed by atoms with van der Waals surface area (Å²) in [5.41, 5.74) is 8.62. The number of hydrogen-bond donors (Lipinski definition) is 2. The Morgan fingerprint density at radius 3 is 1.68 bits per heavy atom. The maximum absolute atomic E-state index is 13.0. The average Bonchev–Trinajstić information content (AvgIpc) is 3.51. The summed E-state index contributed by atoms with van der Waals surface area (Å²) in [4.78, 5) is 53.8. The van der Waals surface area contributed by atoms with Gasteiger partial charge in [-0.25, -0.2) is 14.6 Å². The molecule has 13 nitrogen and oxygen atoms in total. The molecule has 0 aliphatic rings. The second-order valence-electron chi connectivity index (χ2n) is 12.4. The van der Waals surface area contributed by atoms with E-state index in [0.29, 0.717) is 11.1 Å². The molecule has 0 spiro atoms. The molecule has 2 aromatic heterocycles. The van der Waals surface area contributed by atoms with Crippen LogP contribution in [0.25, 0.3) is 11.2 Å². The molecule has 0 aliphatic carbocycles. The van der Waals surface area contributed by atoms with E-state index in [1.165, 1.54) is 10.9 Å². The van der Waals surface area contributed by atoms with Crippen molar-refractivity contribution < 1.29 is 23.8 Å². The van der Waals surface area contributed by atoms with Gasteiger partial charge in [0.25, 0.3) is 5.56 Å². The summed E-state index contributed by atoms with van der Waals surface area (Å²) in [5, 5.41) is 0. The number of nitrogens with two attached hydrogens (primary N) is 1. The van der Waals surface area contributed by atoms with Crippen molar-refractivity contribution in [2.45, 2.75) is 79.3 Å². The molecule has 13 heteroatoms. The standard InChI is InChI=1S/C37H51N7O6/c1-5-17-42(18-6-2)21-27-9-13-29(14-10-27)35(46)48-23-31(50-26-44-25-39-32-33(44)40-37(38)41-34(32)45)24-49-36(47)30-15-11-28(12-16-30)22-43(19-7-3)20-8-4/h9-16,25,31H,5-8,17-24,26H2,1-4H3,(H3,38,40,41,45). The van der Waals surface area contributed by atoms with Gasteiger partial charge in [0.15, 0.2) is 11.2 Å². The second-order valence-corrected chi connectivity index (χ2v) is 12.4. The van der Waals surface area contributed by atoms with Crippen molar-refractivity contribution in [3.8, 4) is 0 Å². The Morgan fingerprint density at radius 1 is 0.780 bits per heavy atom. The van der Waals surface area contributed by atoms with Gasteiger partial charge in [-0.2, -0.15) is 4.98 Å². The number of rotatable bonds is 21. The van der Waals surface area contributed by atoms with Gasteiger partial charge in [0.2, 0.25) is 5.95 Å². The fraction of sp³-hybridized carbons (Fsp3) is 0.486. The monoisotopic (exact) mass is 689 g/mol. The first-order chi connectivity index (χ1) is 24.2. The third-order valence-corrected chi connectivity index (χ3v) is 8.09. The lowest BCUT2D eigenvalue weighted by Crippen LogP contribution is -2.29. The van der Waals surface area contributed by atoms with E-state index in [-0.39, 0.29) is 37.1 Å². The maximum Gasteiger partial charge on any atom is 0.338 e. The number of H-pyrrole nitrogens is 1. The molecule has 0 fully saturated rings. The number of aromatic nitrogens is 4. The fourth-order valence-corrected chi connectivity index (χ4v) is 5.71. The van der Waals surface area contributed by atoms with Crippen LogP contribution in [0.2, 0.25) is 0 Å². The van der Waals surface area contributed by atoms with Crippen molar-refractivity contribution in [2.75, 3.05) is 45.1 Å². The summed E-state index contributed by atoms with van der Waals surface area (Å²) in [6.45, 7) is 13.8. The van der Waals surface area contributed by atoms with Crippen molar-refractivity contribution in [1.29, 1.82) is 0 Å². The van der Waals surface area contributed by atoms with Gasteiger partial charge < -0.3 is 19.9 Å². The van der Waals surface area contributed by atoms with Gasteiger partial charge in [0.05, 0.1) is 17.5 Å². The Kier molecular flexibility index (Phi) is 15.0. The fourth-order valence-electron chi connectivity index (χ4n) is 5.71. The molecule has 4 rings (SSSR count). The Morgan fingerprint density at radius 2 is 1.24 bits per heavy atom. The average molecular weight is 690 g/mol. The molecule has 4 aromatic rings. The zero-order valence-corrected chi connectivity index (χ0v) is 29.7. The third kappa shape index (κ3) is 11.2. The van der Waals surface area contributed by atoms with Gasteiger partial charge in [0.1, 0.15) is 26.0 Å². The molecule has 0 bridgehead atoms. The summed E-state index contributed by atoms with van der Waals surface area (Å²) < 4.78 is 18.8. The molecule has 0 saturated heterocycles. The molecule has 0 aliphatic heterocycles. The highest BCUT2D eigenvalue weighted by molar-refractivity contribution is 5.90. The molecule has 2 heterocycles. The van der Waals surface area contributed by atoms with Gasteiger partial charge in [-0.05, 0) is 87.3 Å². The summed E-state index contributed by atoms with van der Waals surface area (Å²) in [6, 6.07) is 14.8. The molecule has 0 atom stereocenters. The highest BCUT2D eigenvalue weighted by atomic mass is 16.6. The van der Waals surface area contributed by atoms with Crippen molar-refractivity contribution in [1.82, 2.24) is 29.3 Å². The third-order valence-electron chi connectivity index (χ3n) is 8.09. The van der Waals surface area contributed by atoms with Crippen LogP contribution >= 0.6 is 0 Å². The highest BCUT2D eigenvalue weighted by Crippen LogP contribution is 2.14. The summed E-state index contributed by atoms with van der Waals surface area (Å²) in [5.74, 6) is -1.12. The summed E-state index contributed by atoms with van der Waals surface area (Å²) in [6.07, 6.45) is 4.86. The lowest BCUT2D eigenvalue weighted by atomic mass is 10.1. The quantitative estimate of drug-likeness (QED) is 0.113. The van der Waals surface area contributed by atoms with Crippen LogP contribution in [-0.2, 0) is 34.0 Å². The van der Waals surface area contributed by atoms with Gasteiger partial charge >= 0.3 is 11.9 Å². The van der Waals surface area contributed by atoms with Crippen LogP contribution in [0.15, 0.2) is 59.7 Å². The van der Waals surface area contributed by atoms with E-state index in [0.717, 1.165) is 76.1 Å². The molecule has 270 valence electrons. The number of esters is 2. The predicted molar refractivity (Wildman–Crippen MR) is 193 cm³/mol. The minimum absolute atomic E-state index is 0.0624. The van der Waals surface area contributed by atoms with E-state index in [2.05, 4.69) is 52.4 Å². The number of anilines is 1. The largest absolute Gasteiger partial charge is 0.459 e. The van der Waals surface area contributed by atoms with E-state index in [1.54, 1.807) is 24.3 Å². The second kappa shape index (κ2) is 19.6. The van der Waals surface area contributed by atoms with Gasteiger partial charge in [-0.15, -0.1) is 0 Å². The molecular weight excluding hydrogens is 638 g/mol. The van der Waals surface area contributed by atoms with Crippen LogP contribution in [0, 0.1) is 0 Å². The first kappa shape index (κ1) is 38.2. The van der Waals surface area contributed by atoms with Gasteiger partial charge in [-0.1, -0.05) is 52.0 Å². The molecule has 3 N–H and O–H groups in total. The molecule has 0 unspecified atom stereocenters. The SMILES string of the molecule is CCCN(CCC)Cc1ccc(C(=O)OCC(COC(=O)c2ccc(CN(CCC)CCC)cc2)OCn2cnc3c(=O)[nH]c(N)nc32)cc1. The van der Waals surface area contributed by atoms with Crippen molar-refractivity contribution in [3.05, 3.63) is 87.5 Å².